The number of fused-ring (bicyclic) bond motifs is 1. The second kappa shape index (κ2) is 6.55. The van der Waals surface area contributed by atoms with E-state index in [4.69, 9.17) is 11.6 Å². The zero-order valence-electron chi connectivity index (χ0n) is 15.1. The van der Waals surface area contributed by atoms with E-state index >= 15 is 0 Å². The molecule has 0 radical (unpaired) electrons. The number of H-pyrrole nitrogens is 1. The summed E-state index contributed by atoms with van der Waals surface area (Å²) in [6.07, 6.45) is 3.61. The first kappa shape index (κ1) is 17.3. The number of nitrogens with zero attached hydrogens (tertiary/aromatic N) is 5. The zero-order valence-corrected chi connectivity index (χ0v) is 15.9. The number of amides is 1. The Morgan fingerprint density at radius 2 is 2.11 bits per heavy atom. The lowest BCUT2D eigenvalue weighted by Crippen LogP contribution is -2.23. The molecule has 0 fully saturated rings. The molecule has 0 aliphatic heterocycles. The van der Waals surface area contributed by atoms with Gasteiger partial charge in [0.2, 0.25) is 0 Å². The molecule has 0 bridgehead atoms. The maximum atomic E-state index is 12.4. The van der Waals surface area contributed by atoms with Gasteiger partial charge in [-0.05, 0) is 32.0 Å². The summed E-state index contributed by atoms with van der Waals surface area (Å²) in [6.45, 7) is 4.20. The van der Waals surface area contributed by atoms with Crippen LogP contribution in [-0.2, 0) is 13.6 Å². The van der Waals surface area contributed by atoms with Crippen LogP contribution in [0.5, 0.6) is 0 Å². The van der Waals surface area contributed by atoms with Gasteiger partial charge in [-0.15, -0.1) is 0 Å². The smallest absolute Gasteiger partial charge is 0.269 e. The maximum absolute atomic E-state index is 12.4. The highest BCUT2D eigenvalue weighted by Gasteiger charge is 2.17. The van der Waals surface area contributed by atoms with Crippen molar-refractivity contribution in [1.29, 1.82) is 0 Å². The number of aromatic nitrogens is 6. The number of aryl methyl sites for hydroxylation is 2. The Labute approximate surface area is 160 Å². The van der Waals surface area contributed by atoms with Crippen molar-refractivity contribution in [2.24, 2.45) is 7.05 Å². The minimum Gasteiger partial charge on any atom is -0.345 e. The first-order valence-electron chi connectivity index (χ1n) is 8.39. The van der Waals surface area contributed by atoms with Crippen molar-refractivity contribution in [3.05, 3.63) is 58.4 Å². The molecule has 4 heterocycles. The lowest BCUT2D eigenvalue weighted by Gasteiger charge is -2.00. The van der Waals surface area contributed by atoms with Crippen LogP contribution in [0.15, 0.2) is 30.6 Å². The molecule has 4 aromatic heterocycles. The Morgan fingerprint density at radius 1 is 1.30 bits per heavy atom. The van der Waals surface area contributed by atoms with Gasteiger partial charge in [-0.1, -0.05) is 11.6 Å². The van der Waals surface area contributed by atoms with E-state index in [2.05, 4.69) is 25.6 Å². The fraction of sp³-hybridized carbons (Fsp3) is 0.222. The van der Waals surface area contributed by atoms with E-state index in [1.54, 1.807) is 23.0 Å². The van der Waals surface area contributed by atoms with Crippen molar-refractivity contribution in [3.63, 3.8) is 0 Å². The van der Waals surface area contributed by atoms with Gasteiger partial charge in [-0.2, -0.15) is 10.2 Å². The molecule has 1 amide bonds. The first-order valence-corrected chi connectivity index (χ1v) is 8.77. The van der Waals surface area contributed by atoms with Gasteiger partial charge in [0.25, 0.3) is 5.91 Å². The van der Waals surface area contributed by atoms with Gasteiger partial charge in [-0.25, -0.2) is 4.98 Å². The molecule has 0 saturated carbocycles. The second-order valence-corrected chi connectivity index (χ2v) is 6.80. The van der Waals surface area contributed by atoms with Crippen LogP contribution in [0.2, 0.25) is 5.02 Å². The SMILES string of the molecule is Cc1nn(C)c(C)c1-c1cc(C(=O)NCc2cn3cc(Cl)ccc3n2)[nH]n1. The summed E-state index contributed by atoms with van der Waals surface area (Å²) in [5.41, 5.74) is 5.40. The van der Waals surface area contributed by atoms with Crippen LogP contribution in [0.1, 0.15) is 27.6 Å². The van der Waals surface area contributed by atoms with Crippen LogP contribution in [0, 0.1) is 13.8 Å². The van der Waals surface area contributed by atoms with Gasteiger partial charge < -0.3 is 9.72 Å². The van der Waals surface area contributed by atoms with Gasteiger partial charge in [0.05, 0.1) is 28.6 Å². The molecule has 0 aliphatic carbocycles. The number of halogens is 1. The Hall–Kier alpha value is -3.13. The zero-order chi connectivity index (χ0) is 19.1. The number of nitrogens with one attached hydrogen (secondary N) is 2. The molecule has 0 saturated heterocycles. The van der Waals surface area contributed by atoms with Gasteiger partial charge in [0.1, 0.15) is 11.3 Å². The fourth-order valence-electron chi connectivity index (χ4n) is 3.08. The third-order valence-electron chi connectivity index (χ3n) is 4.48. The first-order chi connectivity index (χ1) is 12.9. The van der Waals surface area contributed by atoms with Crippen molar-refractivity contribution in [2.45, 2.75) is 20.4 Å². The summed E-state index contributed by atoms with van der Waals surface area (Å²) in [5.74, 6) is -0.247. The fourth-order valence-corrected chi connectivity index (χ4v) is 3.25. The van der Waals surface area contributed by atoms with E-state index in [1.807, 2.05) is 37.6 Å². The summed E-state index contributed by atoms with van der Waals surface area (Å²) in [6, 6.07) is 5.34. The molecule has 0 atom stereocenters. The Kier molecular flexibility index (Phi) is 4.19. The monoisotopic (exact) mass is 383 g/mol. The van der Waals surface area contributed by atoms with Gasteiger partial charge in [-0.3, -0.25) is 14.6 Å². The summed E-state index contributed by atoms with van der Waals surface area (Å²) in [7, 11) is 1.88. The van der Waals surface area contributed by atoms with Crippen molar-refractivity contribution >= 4 is 23.2 Å². The number of hydrogen-bond donors (Lipinski definition) is 2. The lowest BCUT2D eigenvalue weighted by molar-refractivity contribution is 0.0945. The third kappa shape index (κ3) is 3.19. The molecule has 0 aromatic carbocycles. The molecule has 27 heavy (non-hydrogen) atoms. The summed E-state index contributed by atoms with van der Waals surface area (Å²) in [5, 5.41) is 14.9. The molecule has 138 valence electrons. The molecule has 0 unspecified atom stereocenters. The number of imidazole rings is 1. The van der Waals surface area contributed by atoms with E-state index < -0.39 is 0 Å². The molecule has 4 aromatic rings. The molecular formula is C18H18ClN7O. The van der Waals surface area contributed by atoms with E-state index in [0.717, 1.165) is 28.3 Å². The molecule has 8 nitrogen and oxygen atoms in total. The predicted molar refractivity (Wildman–Crippen MR) is 102 cm³/mol. The minimum atomic E-state index is -0.247. The van der Waals surface area contributed by atoms with E-state index in [9.17, 15) is 4.79 Å². The minimum absolute atomic E-state index is 0.247. The summed E-state index contributed by atoms with van der Waals surface area (Å²) in [4.78, 5) is 16.9. The highest BCUT2D eigenvalue weighted by Crippen LogP contribution is 2.25. The van der Waals surface area contributed by atoms with Gasteiger partial charge in [0, 0.05) is 30.7 Å². The number of pyridine rings is 1. The van der Waals surface area contributed by atoms with Crippen molar-refractivity contribution in [2.75, 3.05) is 0 Å². The van der Waals surface area contributed by atoms with Crippen LogP contribution in [0.25, 0.3) is 16.9 Å². The topological polar surface area (TPSA) is 92.9 Å². The lowest BCUT2D eigenvalue weighted by atomic mass is 10.1. The van der Waals surface area contributed by atoms with E-state index in [-0.39, 0.29) is 5.91 Å². The van der Waals surface area contributed by atoms with Gasteiger partial charge >= 0.3 is 0 Å². The third-order valence-corrected chi connectivity index (χ3v) is 4.71. The summed E-state index contributed by atoms with van der Waals surface area (Å²) >= 11 is 5.98. The number of rotatable bonds is 4. The molecule has 0 spiro atoms. The summed E-state index contributed by atoms with van der Waals surface area (Å²) < 4.78 is 3.63. The van der Waals surface area contributed by atoms with E-state index in [0.29, 0.717) is 23.0 Å². The Balaban J connectivity index is 1.49. The molecule has 9 heteroatoms. The van der Waals surface area contributed by atoms with Crippen LogP contribution in [-0.4, -0.2) is 35.3 Å². The standard InChI is InChI=1S/C18H18ClN7O/c1-10-17(11(2)25(3)24-10)14-6-15(23-22-14)18(27)20-7-13-9-26-8-12(19)4-5-16(26)21-13/h4-6,8-9H,7H2,1-3H3,(H,20,27)(H,22,23). The maximum Gasteiger partial charge on any atom is 0.269 e. The molecule has 2 N–H and O–H groups in total. The van der Waals surface area contributed by atoms with Crippen molar-refractivity contribution < 1.29 is 4.79 Å². The van der Waals surface area contributed by atoms with Gasteiger partial charge in [0.15, 0.2) is 0 Å². The number of hydrogen-bond acceptors (Lipinski definition) is 4. The number of carbonyl (C=O) groups is 1. The van der Waals surface area contributed by atoms with Crippen molar-refractivity contribution in [3.8, 4) is 11.3 Å². The highest BCUT2D eigenvalue weighted by molar-refractivity contribution is 6.30. The normalized spacial score (nSPS) is 11.3. The Morgan fingerprint density at radius 3 is 2.85 bits per heavy atom. The molecule has 4 rings (SSSR count). The van der Waals surface area contributed by atoms with Crippen LogP contribution in [0.3, 0.4) is 0 Å². The highest BCUT2D eigenvalue weighted by atomic mass is 35.5. The number of aromatic amines is 1. The Bertz CT molecular complexity index is 1150. The second-order valence-electron chi connectivity index (χ2n) is 6.36. The molecular weight excluding hydrogens is 366 g/mol. The predicted octanol–water partition coefficient (Wildman–Crippen LogP) is 2.66. The average Bonchev–Trinajstić information content (AvgIpc) is 3.31. The quantitative estimate of drug-likeness (QED) is 0.566. The van der Waals surface area contributed by atoms with Crippen LogP contribution >= 0.6 is 11.6 Å². The van der Waals surface area contributed by atoms with Crippen molar-refractivity contribution in [1.82, 2.24) is 34.7 Å². The van der Waals surface area contributed by atoms with Crippen LogP contribution < -0.4 is 5.32 Å². The number of carbonyl (C=O) groups excluding carboxylic acids is 1. The van der Waals surface area contributed by atoms with E-state index in [1.165, 1.54) is 0 Å². The van der Waals surface area contributed by atoms with Crippen LogP contribution in [0.4, 0.5) is 0 Å². The average molecular weight is 384 g/mol. The largest absolute Gasteiger partial charge is 0.345 e. The molecule has 0 aliphatic rings.